The van der Waals surface area contributed by atoms with Gasteiger partial charge in [0.25, 0.3) is 15.9 Å². The van der Waals surface area contributed by atoms with Crippen molar-refractivity contribution < 1.29 is 13.2 Å². The number of thiophene rings is 1. The van der Waals surface area contributed by atoms with E-state index in [0.29, 0.717) is 5.69 Å². The average Bonchev–Trinajstić information content (AvgIpc) is 3.16. The van der Waals surface area contributed by atoms with Gasteiger partial charge in [-0.3, -0.25) is 9.52 Å². The number of aryl methyl sites for hydroxylation is 1. The molecule has 1 amide bonds. The molecule has 8 heteroatoms. The van der Waals surface area contributed by atoms with Crippen LogP contribution in [0.4, 0.5) is 5.69 Å². The molecule has 146 valence electrons. The molecule has 0 fully saturated rings. The first-order chi connectivity index (χ1) is 13.3. The lowest BCUT2D eigenvalue weighted by molar-refractivity contribution is 0.0940. The van der Waals surface area contributed by atoms with Gasteiger partial charge >= 0.3 is 0 Å². The maximum absolute atomic E-state index is 12.7. The SMILES string of the molecule is Cc1cccc(NS(=O)(=O)c2ccc(Cl)c(C(=O)NC(C)c3cccs3)c2)c1. The zero-order valence-electron chi connectivity index (χ0n) is 15.3. The van der Waals surface area contributed by atoms with Crippen molar-refractivity contribution in [1.29, 1.82) is 0 Å². The molecule has 28 heavy (non-hydrogen) atoms. The molecule has 3 aromatic rings. The zero-order valence-corrected chi connectivity index (χ0v) is 17.7. The summed E-state index contributed by atoms with van der Waals surface area (Å²) >= 11 is 7.69. The van der Waals surface area contributed by atoms with E-state index in [1.807, 2.05) is 37.4 Å². The van der Waals surface area contributed by atoms with E-state index >= 15 is 0 Å². The molecule has 1 heterocycles. The number of hydrogen-bond acceptors (Lipinski definition) is 4. The number of benzene rings is 2. The summed E-state index contributed by atoms with van der Waals surface area (Å²) in [7, 11) is -3.86. The van der Waals surface area contributed by atoms with Crippen LogP contribution in [-0.4, -0.2) is 14.3 Å². The van der Waals surface area contributed by atoms with E-state index in [4.69, 9.17) is 11.6 Å². The third-order valence-corrected chi connectivity index (χ3v) is 6.84. The van der Waals surface area contributed by atoms with Crippen LogP contribution < -0.4 is 10.0 Å². The topological polar surface area (TPSA) is 75.3 Å². The summed E-state index contributed by atoms with van der Waals surface area (Å²) in [6.45, 7) is 3.73. The summed E-state index contributed by atoms with van der Waals surface area (Å²) in [5.74, 6) is -0.432. The summed E-state index contributed by atoms with van der Waals surface area (Å²) in [4.78, 5) is 13.6. The van der Waals surface area contributed by atoms with E-state index in [2.05, 4.69) is 10.0 Å². The first kappa shape index (κ1) is 20.4. The number of halogens is 1. The Hall–Kier alpha value is -2.35. The smallest absolute Gasteiger partial charge is 0.261 e. The second kappa shape index (κ2) is 8.34. The van der Waals surface area contributed by atoms with Crippen molar-refractivity contribution in [3.05, 3.63) is 81.0 Å². The minimum absolute atomic E-state index is 0.0349. The Morgan fingerprint density at radius 1 is 1.11 bits per heavy atom. The van der Waals surface area contributed by atoms with Crippen molar-refractivity contribution in [2.75, 3.05) is 4.72 Å². The molecule has 0 saturated heterocycles. The number of anilines is 1. The van der Waals surface area contributed by atoms with Crippen LogP contribution in [0.2, 0.25) is 5.02 Å². The molecule has 0 bridgehead atoms. The second-order valence-electron chi connectivity index (χ2n) is 6.33. The van der Waals surface area contributed by atoms with Crippen molar-refractivity contribution in [2.45, 2.75) is 24.8 Å². The summed E-state index contributed by atoms with van der Waals surface area (Å²) in [6.07, 6.45) is 0. The van der Waals surface area contributed by atoms with E-state index in [-0.39, 0.29) is 21.5 Å². The average molecular weight is 435 g/mol. The summed E-state index contributed by atoms with van der Waals surface area (Å²) in [5.41, 5.74) is 1.49. The Balaban J connectivity index is 1.85. The molecular formula is C20H19ClN2O3S2. The molecule has 0 radical (unpaired) electrons. The van der Waals surface area contributed by atoms with E-state index in [1.165, 1.54) is 29.5 Å². The Morgan fingerprint density at radius 2 is 1.89 bits per heavy atom. The number of amides is 1. The van der Waals surface area contributed by atoms with Gasteiger partial charge in [-0.15, -0.1) is 11.3 Å². The van der Waals surface area contributed by atoms with Crippen LogP contribution in [0.3, 0.4) is 0 Å². The highest BCUT2D eigenvalue weighted by atomic mass is 35.5. The Morgan fingerprint density at radius 3 is 2.57 bits per heavy atom. The maximum Gasteiger partial charge on any atom is 0.261 e. The van der Waals surface area contributed by atoms with Gasteiger partial charge in [-0.25, -0.2) is 8.42 Å². The molecule has 5 nitrogen and oxygen atoms in total. The standard InChI is InChI=1S/C20H19ClN2O3S2/c1-13-5-3-6-15(11-13)23-28(25,26)16-8-9-18(21)17(12-16)20(24)22-14(2)19-7-4-10-27-19/h3-12,14,23H,1-2H3,(H,22,24). The molecule has 0 aliphatic heterocycles. The zero-order chi connectivity index (χ0) is 20.3. The van der Waals surface area contributed by atoms with Crippen molar-refractivity contribution in [2.24, 2.45) is 0 Å². The largest absolute Gasteiger partial charge is 0.345 e. The van der Waals surface area contributed by atoms with E-state index in [9.17, 15) is 13.2 Å². The maximum atomic E-state index is 12.7. The molecule has 1 atom stereocenters. The molecule has 0 aliphatic carbocycles. The van der Waals surface area contributed by atoms with Gasteiger partial charge in [0.05, 0.1) is 21.5 Å². The van der Waals surface area contributed by atoms with Crippen LogP contribution in [0.1, 0.15) is 33.8 Å². The predicted molar refractivity (Wildman–Crippen MR) is 114 cm³/mol. The molecule has 2 aromatic carbocycles. The van der Waals surface area contributed by atoms with E-state index in [1.54, 1.807) is 18.2 Å². The number of carbonyl (C=O) groups is 1. The fourth-order valence-corrected chi connectivity index (χ4v) is 4.66. The van der Waals surface area contributed by atoms with Gasteiger partial charge in [-0.1, -0.05) is 29.8 Å². The molecule has 3 rings (SSSR count). The van der Waals surface area contributed by atoms with Crippen LogP contribution >= 0.6 is 22.9 Å². The van der Waals surface area contributed by atoms with Crippen molar-refractivity contribution >= 4 is 44.6 Å². The first-order valence-corrected chi connectivity index (χ1v) is 11.2. The summed E-state index contributed by atoms with van der Waals surface area (Å²) in [6, 6.07) is 14.7. The lowest BCUT2D eigenvalue weighted by Gasteiger charge is -2.14. The lowest BCUT2D eigenvalue weighted by Crippen LogP contribution is -2.26. The van der Waals surface area contributed by atoms with Gasteiger partial charge in [-0.2, -0.15) is 0 Å². The molecule has 0 saturated carbocycles. The predicted octanol–water partition coefficient (Wildman–Crippen LogP) is 5.00. The normalized spacial score (nSPS) is 12.4. The van der Waals surface area contributed by atoms with Gasteiger partial charge in [-0.05, 0) is 61.2 Å². The van der Waals surface area contributed by atoms with Crippen molar-refractivity contribution in [3.63, 3.8) is 0 Å². The number of carbonyl (C=O) groups excluding carboxylic acids is 1. The van der Waals surface area contributed by atoms with Gasteiger partial charge in [0, 0.05) is 10.6 Å². The highest BCUT2D eigenvalue weighted by Crippen LogP contribution is 2.24. The van der Waals surface area contributed by atoms with E-state index in [0.717, 1.165) is 10.4 Å². The monoisotopic (exact) mass is 434 g/mol. The quantitative estimate of drug-likeness (QED) is 0.573. The number of hydrogen-bond donors (Lipinski definition) is 2. The molecule has 1 unspecified atom stereocenters. The van der Waals surface area contributed by atoms with E-state index < -0.39 is 15.9 Å². The van der Waals surface area contributed by atoms with Gasteiger partial charge in [0.2, 0.25) is 0 Å². The summed E-state index contributed by atoms with van der Waals surface area (Å²) in [5, 5.41) is 4.96. The highest BCUT2D eigenvalue weighted by molar-refractivity contribution is 7.92. The fraction of sp³-hybridized carbons (Fsp3) is 0.150. The molecule has 1 aromatic heterocycles. The third kappa shape index (κ3) is 4.73. The third-order valence-electron chi connectivity index (χ3n) is 4.08. The van der Waals surface area contributed by atoms with Gasteiger partial charge in [0.15, 0.2) is 0 Å². The van der Waals surface area contributed by atoms with Crippen molar-refractivity contribution in [1.82, 2.24) is 5.32 Å². The van der Waals surface area contributed by atoms with Crippen LogP contribution in [0, 0.1) is 6.92 Å². The fourth-order valence-electron chi connectivity index (χ4n) is 2.65. The minimum Gasteiger partial charge on any atom is -0.345 e. The number of sulfonamides is 1. The lowest BCUT2D eigenvalue weighted by atomic mass is 10.2. The van der Waals surface area contributed by atoms with Gasteiger partial charge < -0.3 is 5.32 Å². The van der Waals surface area contributed by atoms with Crippen LogP contribution in [0.25, 0.3) is 0 Å². The van der Waals surface area contributed by atoms with Crippen molar-refractivity contribution in [3.8, 4) is 0 Å². The second-order valence-corrected chi connectivity index (χ2v) is 9.40. The Bertz CT molecular complexity index is 1100. The minimum atomic E-state index is -3.86. The van der Waals surface area contributed by atoms with Crippen LogP contribution in [0.5, 0.6) is 0 Å². The number of nitrogens with one attached hydrogen (secondary N) is 2. The molecular weight excluding hydrogens is 416 g/mol. The summed E-state index contributed by atoms with van der Waals surface area (Å²) < 4.78 is 28.0. The first-order valence-electron chi connectivity index (χ1n) is 8.49. The number of rotatable bonds is 6. The molecule has 0 aliphatic rings. The molecule has 0 spiro atoms. The Labute approximate surface area is 173 Å². The van der Waals surface area contributed by atoms with Gasteiger partial charge in [0.1, 0.15) is 0 Å². The Kier molecular flexibility index (Phi) is 6.07. The molecule has 2 N–H and O–H groups in total. The highest BCUT2D eigenvalue weighted by Gasteiger charge is 2.20. The van der Waals surface area contributed by atoms with Crippen LogP contribution in [-0.2, 0) is 10.0 Å². The van der Waals surface area contributed by atoms with Crippen LogP contribution in [0.15, 0.2) is 64.9 Å².